The molecular formula is C15H21ClFNO. The molecule has 0 amide bonds. The molecular weight excluding hydrogens is 265 g/mol. The Kier molecular flexibility index (Phi) is 5.20. The van der Waals surface area contributed by atoms with Crippen molar-refractivity contribution in [2.75, 3.05) is 6.54 Å². The lowest BCUT2D eigenvalue weighted by atomic mass is 9.94. The zero-order valence-corrected chi connectivity index (χ0v) is 11.8. The molecule has 0 aromatic heterocycles. The normalized spacial score (nSPS) is 19.1. The van der Waals surface area contributed by atoms with E-state index in [4.69, 9.17) is 11.6 Å². The van der Waals surface area contributed by atoms with Crippen LogP contribution in [0, 0.1) is 5.82 Å². The van der Waals surface area contributed by atoms with Crippen molar-refractivity contribution in [3.05, 3.63) is 34.6 Å². The molecule has 1 aliphatic rings. The fourth-order valence-electron chi connectivity index (χ4n) is 2.72. The van der Waals surface area contributed by atoms with E-state index in [0.717, 1.165) is 31.2 Å². The first kappa shape index (κ1) is 14.8. The summed E-state index contributed by atoms with van der Waals surface area (Å²) >= 11 is 5.81. The zero-order chi connectivity index (χ0) is 13.7. The number of rotatable bonds is 4. The summed E-state index contributed by atoms with van der Waals surface area (Å²) < 4.78 is 13.2. The van der Waals surface area contributed by atoms with Crippen molar-refractivity contribution in [1.29, 1.82) is 0 Å². The molecule has 1 saturated carbocycles. The Balaban J connectivity index is 1.85. The maximum atomic E-state index is 13.2. The highest BCUT2D eigenvalue weighted by Gasteiger charge is 2.27. The summed E-state index contributed by atoms with van der Waals surface area (Å²) in [4.78, 5) is 0. The van der Waals surface area contributed by atoms with Crippen LogP contribution in [0.15, 0.2) is 18.2 Å². The Morgan fingerprint density at radius 3 is 2.47 bits per heavy atom. The topological polar surface area (TPSA) is 32.3 Å². The van der Waals surface area contributed by atoms with Crippen molar-refractivity contribution in [3.63, 3.8) is 0 Å². The van der Waals surface area contributed by atoms with Gasteiger partial charge in [-0.15, -0.1) is 0 Å². The largest absolute Gasteiger partial charge is 0.389 e. The van der Waals surface area contributed by atoms with Gasteiger partial charge in [-0.3, -0.25) is 0 Å². The molecule has 4 heteroatoms. The van der Waals surface area contributed by atoms with Gasteiger partial charge < -0.3 is 10.4 Å². The standard InChI is InChI=1S/C15H21ClFNO/c16-13-7-12(8-14(17)9-13)10-18-11-15(19)5-3-1-2-4-6-15/h7-9,18-19H,1-6,10-11H2. The summed E-state index contributed by atoms with van der Waals surface area (Å²) in [6.07, 6.45) is 6.30. The van der Waals surface area contributed by atoms with Gasteiger partial charge in [-0.1, -0.05) is 37.3 Å². The Hall–Kier alpha value is -0.640. The average molecular weight is 286 g/mol. The van der Waals surface area contributed by atoms with Gasteiger partial charge in [0.1, 0.15) is 5.82 Å². The molecule has 1 aromatic carbocycles. The van der Waals surface area contributed by atoms with Gasteiger partial charge in [0.15, 0.2) is 0 Å². The predicted octanol–water partition coefficient (Wildman–Crippen LogP) is 3.65. The van der Waals surface area contributed by atoms with Gasteiger partial charge >= 0.3 is 0 Å². The number of aliphatic hydroxyl groups is 1. The van der Waals surface area contributed by atoms with E-state index < -0.39 is 5.60 Å². The fourth-order valence-corrected chi connectivity index (χ4v) is 2.96. The smallest absolute Gasteiger partial charge is 0.125 e. The summed E-state index contributed by atoms with van der Waals surface area (Å²) in [5.74, 6) is -0.322. The number of hydrogen-bond donors (Lipinski definition) is 2. The quantitative estimate of drug-likeness (QED) is 0.828. The monoisotopic (exact) mass is 285 g/mol. The summed E-state index contributed by atoms with van der Waals surface area (Å²) in [6, 6.07) is 4.51. The van der Waals surface area contributed by atoms with Crippen LogP contribution in [0.3, 0.4) is 0 Å². The summed E-state index contributed by atoms with van der Waals surface area (Å²) in [6.45, 7) is 1.08. The second kappa shape index (κ2) is 6.69. The second-order valence-corrected chi connectivity index (χ2v) is 5.96. The van der Waals surface area contributed by atoms with E-state index >= 15 is 0 Å². The number of hydrogen-bond acceptors (Lipinski definition) is 2. The molecule has 0 aliphatic heterocycles. The van der Waals surface area contributed by atoms with Gasteiger partial charge in [-0.25, -0.2) is 4.39 Å². The third-order valence-electron chi connectivity index (χ3n) is 3.74. The van der Waals surface area contributed by atoms with E-state index in [-0.39, 0.29) is 5.82 Å². The van der Waals surface area contributed by atoms with E-state index in [9.17, 15) is 9.50 Å². The molecule has 0 heterocycles. The Bertz CT molecular complexity index is 396. The Morgan fingerprint density at radius 2 is 1.84 bits per heavy atom. The molecule has 1 fully saturated rings. The number of benzene rings is 1. The second-order valence-electron chi connectivity index (χ2n) is 5.52. The van der Waals surface area contributed by atoms with Crippen LogP contribution in [0.2, 0.25) is 5.02 Å². The van der Waals surface area contributed by atoms with Crippen LogP contribution in [0.5, 0.6) is 0 Å². The minimum absolute atomic E-state index is 0.322. The molecule has 1 aliphatic carbocycles. The van der Waals surface area contributed by atoms with E-state index in [1.54, 1.807) is 6.07 Å². The molecule has 2 N–H and O–H groups in total. The zero-order valence-electron chi connectivity index (χ0n) is 11.1. The number of halogens is 2. The molecule has 0 radical (unpaired) electrons. The molecule has 2 nitrogen and oxygen atoms in total. The van der Waals surface area contributed by atoms with Crippen molar-refractivity contribution in [3.8, 4) is 0 Å². The van der Waals surface area contributed by atoms with Gasteiger partial charge in [-0.2, -0.15) is 0 Å². The molecule has 1 aromatic rings. The Labute approximate surface area is 119 Å². The van der Waals surface area contributed by atoms with Crippen LogP contribution in [-0.4, -0.2) is 17.3 Å². The van der Waals surface area contributed by atoms with Crippen molar-refractivity contribution >= 4 is 11.6 Å². The van der Waals surface area contributed by atoms with E-state index in [1.807, 2.05) is 0 Å². The summed E-state index contributed by atoms with van der Waals surface area (Å²) in [5.41, 5.74) is 0.204. The average Bonchev–Trinajstić information content (AvgIpc) is 2.53. The molecule has 2 rings (SSSR count). The molecule has 0 saturated heterocycles. The highest BCUT2D eigenvalue weighted by molar-refractivity contribution is 6.30. The molecule has 0 atom stereocenters. The van der Waals surface area contributed by atoms with Crippen molar-refractivity contribution in [2.24, 2.45) is 0 Å². The molecule has 106 valence electrons. The third-order valence-corrected chi connectivity index (χ3v) is 3.96. The minimum atomic E-state index is -0.604. The molecule has 0 unspecified atom stereocenters. The summed E-state index contributed by atoms with van der Waals surface area (Å²) in [5, 5.41) is 14.1. The van der Waals surface area contributed by atoms with Gasteiger partial charge in [0.25, 0.3) is 0 Å². The van der Waals surface area contributed by atoms with Crippen LogP contribution >= 0.6 is 11.6 Å². The van der Waals surface area contributed by atoms with Crippen LogP contribution in [0.1, 0.15) is 44.1 Å². The van der Waals surface area contributed by atoms with Crippen LogP contribution in [-0.2, 0) is 6.54 Å². The lowest BCUT2D eigenvalue weighted by Gasteiger charge is -2.27. The van der Waals surface area contributed by atoms with E-state index in [2.05, 4.69) is 5.32 Å². The first-order valence-corrected chi connectivity index (χ1v) is 7.33. The van der Waals surface area contributed by atoms with Crippen LogP contribution < -0.4 is 5.32 Å². The number of nitrogens with one attached hydrogen (secondary N) is 1. The molecule has 19 heavy (non-hydrogen) atoms. The van der Waals surface area contributed by atoms with Crippen molar-refractivity contribution < 1.29 is 9.50 Å². The Morgan fingerprint density at radius 1 is 1.16 bits per heavy atom. The van der Waals surface area contributed by atoms with Crippen molar-refractivity contribution in [2.45, 2.75) is 50.7 Å². The van der Waals surface area contributed by atoms with Gasteiger partial charge in [0, 0.05) is 18.1 Å². The summed E-state index contributed by atoms with van der Waals surface area (Å²) in [7, 11) is 0. The maximum Gasteiger partial charge on any atom is 0.125 e. The lowest BCUT2D eigenvalue weighted by molar-refractivity contribution is 0.0250. The van der Waals surface area contributed by atoms with Crippen LogP contribution in [0.25, 0.3) is 0 Å². The lowest BCUT2D eigenvalue weighted by Crippen LogP contribution is -2.39. The van der Waals surface area contributed by atoms with Gasteiger partial charge in [0.05, 0.1) is 5.60 Å². The predicted molar refractivity (Wildman–Crippen MR) is 75.8 cm³/mol. The SMILES string of the molecule is OC1(CNCc2cc(F)cc(Cl)c2)CCCCCC1. The molecule has 0 bridgehead atoms. The minimum Gasteiger partial charge on any atom is -0.389 e. The highest BCUT2D eigenvalue weighted by atomic mass is 35.5. The first-order valence-electron chi connectivity index (χ1n) is 6.95. The first-order chi connectivity index (χ1) is 9.07. The maximum absolute atomic E-state index is 13.2. The van der Waals surface area contributed by atoms with Gasteiger partial charge in [-0.05, 0) is 36.6 Å². The van der Waals surface area contributed by atoms with Gasteiger partial charge in [0.2, 0.25) is 0 Å². The third kappa shape index (κ3) is 4.75. The van der Waals surface area contributed by atoms with Crippen LogP contribution in [0.4, 0.5) is 4.39 Å². The van der Waals surface area contributed by atoms with Crippen molar-refractivity contribution in [1.82, 2.24) is 5.32 Å². The highest BCUT2D eigenvalue weighted by Crippen LogP contribution is 2.26. The van der Waals surface area contributed by atoms with E-state index in [1.165, 1.54) is 25.0 Å². The fraction of sp³-hybridized carbons (Fsp3) is 0.600. The van der Waals surface area contributed by atoms with E-state index in [0.29, 0.717) is 18.1 Å². The molecule has 0 spiro atoms.